The normalized spacial score (nSPS) is 16.5. The van der Waals surface area contributed by atoms with Gasteiger partial charge in [0, 0.05) is 37.9 Å². The number of carbonyl (C=O) groups is 2. The van der Waals surface area contributed by atoms with Crippen molar-refractivity contribution in [2.24, 2.45) is 11.8 Å². The SMILES string of the molecule is CC(C)CC(=O)Nc1cccc(CNC(=O)C2CCCN(c3ncccc3C(F)(F)F)C2)c1. The Morgan fingerprint density at radius 1 is 1.21 bits per heavy atom. The second-order valence-electron chi connectivity index (χ2n) is 8.72. The molecule has 2 heterocycles. The van der Waals surface area contributed by atoms with Crippen molar-refractivity contribution >= 4 is 23.3 Å². The number of nitrogens with one attached hydrogen (secondary N) is 2. The van der Waals surface area contributed by atoms with E-state index >= 15 is 0 Å². The van der Waals surface area contributed by atoms with Gasteiger partial charge in [-0.1, -0.05) is 26.0 Å². The number of hydrogen-bond donors (Lipinski definition) is 2. The zero-order chi connectivity index (χ0) is 24.0. The summed E-state index contributed by atoms with van der Waals surface area (Å²) in [4.78, 5) is 30.2. The number of aromatic nitrogens is 1. The van der Waals surface area contributed by atoms with Crippen LogP contribution in [0.1, 0.15) is 44.2 Å². The lowest BCUT2D eigenvalue weighted by molar-refractivity contribution is -0.137. The van der Waals surface area contributed by atoms with Crippen LogP contribution in [0.4, 0.5) is 24.7 Å². The summed E-state index contributed by atoms with van der Waals surface area (Å²) in [7, 11) is 0. The van der Waals surface area contributed by atoms with E-state index in [1.165, 1.54) is 12.3 Å². The first-order valence-electron chi connectivity index (χ1n) is 11.1. The standard InChI is InChI=1S/C24H29F3N4O2/c1-16(2)12-21(32)30-19-8-3-6-17(13-19)14-29-23(33)18-7-5-11-31(15-18)22-20(24(25,26)27)9-4-10-28-22/h3-4,6,8-10,13,16,18H,5,7,11-12,14-15H2,1-2H3,(H,29,33)(H,30,32). The Balaban J connectivity index is 1.60. The molecule has 2 aromatic rings. The van der Waals surface area contributed by atoms with Crippen molar-refractivity contribution in [3.63, 3.8) is 0 Å². The Bertz CT molecular complexity index is 978. The topological polar surface area (TPSA) is 74.3 Å². The number of amides is 2. The van der Waals surface area contributed by atoms with E-state index in [1.807, 2.05) is 19.9 Å². The molecule has 1 aliphatic heterocycles. The Kier molecular flexibility index (Phi) is 7.94. The summed E-state index contributed by atoms with van der Waals surface area (Å²) < 4.78 is 40.1. The summed E-state index contributed by atoms with van der Waals surface area (Å²) >= 11 is 0. The van der Waals surface area contributed by atoms with Gasteiger partial charge in [0.25, 0.3) is 0 Å². The highest BCUT2D eigenvalue weighted by molar-refractivity contribution is 5.90. The highest BCUT2D eigenvalue weighted by Gasteiger charge is 2.37. The first-order valence-corrected chi connectivity index (χ1v) is 11.1. The van der Waals surface area contributed by atoms with Gasteiger partial charge in [-0.25, -0.2) is 4.98 Å². The fourth-order valence-corrected chi connectivity index (χ4v) is 3.93. The second kappa shape index (κ2) is 10.7. The summed E-state index contributed by atoms with van der Waals surface area (Å²) in [6.07, 6.45) is -1.55. The van der Waals surface area contributed by atoms with Crippen molar-refractivity contribution in [2.75, 3.05) is 23.3 Å². The van der Waals surface area contributed by atoms with E-state index in [0.29, 0.717) is 31.5 Å². The van der Waals surface area contributed by atoms with Gasteiger partial charge in [0.2, 0.25) is 11.8 Å². The number of nitrogens with zero attached hydrogens (tertiary/aromatic N) is 2. The van der Waals surface area contributed by atoms with Crippen molar-refractivity contribution in [1.82, 2.24) is 10.3 Å². The molecule has 1 fully saturated rings. The quantitative estimate of drug-likeness (QED) is 0.630. The van der Waals surface area contributed by atoms with Crippen LogP contribution in [0.25, 0.3) is 0 Å². The van der Waals surface area contributed by atoms with Gasteiger partial charge in [-0.2, -0.15) is 13.2 Å². The van der Waals surface area contributed by atoms with Crippen LogP contribution in [0.5, 0.6) is 0 Å². The van der Waals surface area contributed by atoms with Gasteiger partial charge in [0.15, 0.2) is 0 Å². The van der Waals surface area contributed by atoms with Gasteiger partial charge >= 0.3 is 6.18 Å². The number of benzene rings is 1. The molecule has 0 radical (unpaired) electrons. The van der Waals surface area contributed by atoms with Crippen molar-refractivity contribution < 1.29 is 22.8 Å². The average Bonchev–Trinajstić information content (AvgIpc) is 2.76. The molecule has 0 bridgehead atoms. The van der Waals surface area contributed by atoms with Crippen molar-refractivity contribution in [3.05, 3.63) is 53.7 Å². The van der Waals surface area contributed by atoms with Crippen LogP contribution in [0.15, 0.2) is 42.6 Å². The lowest BCUT2D eigenvalue weighted by Gasteiger charge is -2.34. The summed E-state index contributed by atoms with van der Waals surface area (Å²) in [6, 6.07) is 9.51. The van der Waals surface area contributed by atoms with E-state index in [4.69, 9.17) is 0 Å². The van der Waals surface area contributed by atoms with Crippen LogP contribution >= 0.6 is 0 Å². The lowest BCUT2D eigenvalue weighted by Crippen LogP contribution is -2.43. The third-order valence-electron chi connectivity index (χ3n) is 5.45. The molecule has 0 spiro atoms. The highest BCUT2D eigenvalue weighted by atomic mass is 19.4. The van der Waals surface area contributed by atoms with E-state index in [9.17, 15) is 22.8 Å². The van der Waals surface area contributed by atoms with E-state index in [1.54, 1.807) is 23.1 Å². The molecule has 6 nitrogen and oxygen atoms in total. The maximum atomic E-state index is 13.4. The molecular formula is C24H29F3N4O2. The van der Waals surface area contributed by atoms with Crippen LogP contribution in [-0.4, -0.2) is 29.9 Å². The molecule has 2 amide bonds. The summed E-state index contributed by atoms with van der Waals surface area (Å²) in [6.45, 7) is 4.80. The molecule has 9 heteroatoms. The number of pyridine rings is 1. The Morgan fingerprint density at radius 3 is 2.73 bits per heavy atom. The minimum absolute atomic E-state index is 0.0683. The third kappa shape index (κ3) is 6.94. The molecule has 1 saturated heterocycles. The van der Waals surface area contributed by atoms with Crippen LogP contribution in [0.2, 0.25) is 0 Å². The maximum Gasteiger partial charge on any atom is 0.419 e. The first kappa shape index (κ1) is 24.5. The summed E-state index contributed by atoms with van der Waals surface area (Å²) in [5, 5.41) is 5.73. The minimum Gasteiger partial charge on any atom is -0.355 e. The van der Waals surface area contributed by atoms with Gasteiger partial charge < -0.3 is 15.5 Å². The summed E-state index contributed by atoms with van der Waals surface area (Å²) in [5.41, 5.74) is 0.691. The number of anilines is 2. The zero-order valence-electron chi connectivity index (χ0n) is 18.8. The predicted octanol–water partition coefficient (Wildman–Crippen LogP) is 4.62. The van der Waals surface area contributed by atoms with Gasteiger partial charge in [0.1, 0.15) is 5.82 Å². The molecule has 0 saturated carbocycles. The Morgan fingerprint density at radius 2 is 2.00 bits per heavy atom. The number of hydrogen-bond acceptors (Lipinski definition) is 4. The number of piperidine rings is 1. The molecule has 1 aromatic heterocycles. The number of halogens is 3. The first-order chi connectivity index (χ1) is 15.6. The predicted molar refractivity (Wildman–Crippen MR) is 121 cm³/mol. The molecule has 33 heavy (non-hydrogen) atoms. The van der Waals surface area contributed by atoms with Crippen molar-refractivity contribution in [2.45, 2.75) is 45.8 Å². The smallest absolute Gasteiger partial charge is 0.355 e. The molecular weight excluding hydrogens is 433 g/mol. The summed E-state index contributed by atoms with van der Waals surface area (Å²) in [5.74, 6) is -0.594. The average molecular weight is 463 g/mol. The molecule has 178 valence electrons. The zero-order valence-corrected chi connectivity index (χ0v) is 18.8. The lowest BCUT2D eigenvalue weighted by atomic mass is 9.96. The number of rotatable bonds is 7. The van der Waals surface area contributed by atoms with Crippen molar-refractivity contribution in [3.8, 4) is 0 Å². The molecule has 2 N–H and O–H groups in total. The molecule has 1 atom stereocenters. The van der Waals surface area contributed by atoms with Crippen LogP contribution in [0, 0.1) is 11.8 Å². The second-order valence-corrected chi connectivity index (χ2v) is 8.72. The maximum absolute atomic E-state index is 13.4. The van der Waals surface area contributed by atoms with E-state index < -0.39 is 17.7 Å². The molecule has 1 aliphatic rings. The Hall–Kier alpha value is -3.10. The van der Waals surface area contributed by atoms with E-state index in [2.05, 4.69) is 15.6 Å². The fourth-order valence-electron chi connectivity index (χ4n) is 3.93. The van der Waals surface area contributed by atoms with Gasteiger partial charge in [-0.15, -0.1) is 0 Å². The number of carbonyl (C=O) groups excluding carboxylic acids is 2. The largest absolute Gasteiger partial charge is 0.419 e. The van der Waals surface area contributed by atoms with Crippen LogP contribution in [0.3, 0.4) is 0 Å². The third-order valence-corrected chi connectivity index (χ3v) is 5.45. The van der Waals surface area contributed by atoms with Gasteiger partial charge in [0.05, 0.1) is 11.5 Å². The molecule has 1 unspecified atom stereocenters. The van der Waals surface area contributed by atoms with E-state index in [0.717, 1.165) is 11.6 Å². The monoisotopic (exact) mass is 462 g/mol. The highest BCUT2D eigenvalue weighted by Crippen LogP contribution is 2.36. The van der Waals surface area contributed by atoms with Crippen molar-refractivity contribution in [1.29, 1.82) is 0 Å². The molecule has 0 aliphatic carbocycles. The number of alkyl halides is 3. The molecule has 3 rings (SSSR count). The molecule has 1 aromatic carbocycles. The van der Waals surface area contributed by atoms with Crippen LogP contribution in [-0.2, 0) is 22.3 Å². The van der Waals surface area contributed by atoms with Gasteiger partial charge in [-0.3, -0.25) is 9.59 Å². The van der Waals surface area contributed by atoms with E-state index in [-0.39, 0.29) is 36.6 Å². The van der Waals surface area contributed by atoms with Gasteiger partial charge in [-0.05, 0) is 48.6 Å². The van der Waals surface area contributed by atoms with Crippen LogP contribution < -0.4 is 15.5 Å². The fraction of sp³-hybridized carbons (Fsp3) is 0.458. The minimum atomic E-state index is -4.51. The Labute approximate surface area is 191 Å².